The molecule has 0 bridgehead atoms. The van der Waals surface area contributed by atoms with E-state index in [4.69, 9.17) is 23.7 Å². The van der Waals surface area contributed by atoms with Gasteiger partial charge in [-0.15, -0.1) is 0 Å². The van der Waals surface area contributed by atoms with E-state index in [1.807, 2.05) is 73.9 Å². The lowest BCUT2D eigenvalue weighted by molar-refractivity contribution is -0.132. The van der Waals surface area contributed by atoms with Crippen molar-refractivity contribution in [3.05, 3.63) is 166 Å². The summed E-state index contributed by atoms with van der Waals surface area (Å²) in [6.07, 6.45) is 4.22. The lowest BCUT2D eigenvalue weighted by Gasteiger charge is -2.31. The van der Waals surface area contributed by atoms with Gasteiger partial charge in [0.25, 0.3) is 11.8 Å². The van der Waals surface area contributed by atoms with Gasteiger partial charge in [-0.2, -0.15) is 0 Å². The number of hydrogen-bond acceptors (Lipinski definition) is 17. The molecule has 0 radical (unpaired) electrons. The average Bonchev–Trinajstić information content (AvgIpc) is 1.51. The summed E-state index contributed by atoms with van der Waals surface area (Å²) < 4.78 is 29.9. The van der Waals surface area contributed by atoms with Gasteiger partial charge < -0.3 is 75.4 Å². The molecule has 9 amide bonds. The summed E-state index contributed by atoms with van der Waals surface area (Å²) in [4.78, 5) is 133. The van der Waals surface area contributed by atoms with Crippen LogP contribution in [0.1, 0.15) is 120 Å². The molecule has 6 aromatic rings. The first-order valence-corrected chi connectivity index (χ1v) is 34.0. The number of aliphatic hydroxyl groups excluding tert-OH is 1. The van der Waals surface area contributed by atoms with E-state index in [-0.39, 0.29) is 91.1 Å². The van der Waals surface area contributed by atoms with Gasteiger partial charge in [-0.05, 0) is 122 Å². The number of pyridine rings is 1. The number of para-hydroxylation sites is 1. The lowest BCUT2D eigenvalue weighted by atomic mass is 10.0. The highest BCUT2D eigenvalue weighted by Gasteiger charge is 2.58. The van der Waals surface area contributed by atoms with Crippen molar-refractivity contribution in [1.29, 1.82) is 0 Å². The van der Waals surface area contributed by atoms with E-state index in [2.05, 4.69) is 48.7 Å². The minimum absolute atomic E-state index is 0.0583. The first kappa shape index (κ1) is 70.4. The predicted octanol–water partition coefficient (Wildman–Crippen LogP) is 6.95. The van der Waals surface area contributed by atoms with Crippen molar-refractivity contribution >= 4 is 81.7 Å². The fourth-order valence-corrected chi connectivity index (χ4v) is 13.2. The van der Waals surface area contributed by atoms with Crippen LogP contribution in [0.15, 0.2) is 122 Å². The normalized spacial score (nSPS) is 17.8. The number of aliphatic hydroxyl groups is 1. The van der Waals surface area contributed by atoms with Crippen LogP contribution in [0, 0.1) is 30.1 Å². The Morgan fingerprint density at radius 2 is 1.42 bits per heavy atom. The number of rotatable bonds is 24. The molecule has 1 aliphatic carbocycles. The number of benzene rings is 5. The Kier molecular flexibility index (Phi) is 21.1. The van der Waals surface area contributed by atoms with Gasteiger partial charge in [0.05, 0.1) is 87.3 Å². The molecule has 1 saturated carbocycles. The van der Waals surface area contributed by atoms with Crippen molar-refractivity contribution in [3.8, 4) is 34.8 Å². The maximum absolute atomic E-state index is 14.5. The monoisotopic (exact) mass is 1390 g/mol. The fourth-order valence-electron chi connectivity index (χ4n) is 13.2. The van der Waals surface area contributed by atoms with E-state index in [1.165, 1.54) is 33.3 Å². The number of aromatic nitrogens is 1. The maximum atomic E-state index is 14.5. The second-order valence-electron chi connectivity index (χ2n) is 26.6. The summed E-state index contributed by atoms with van der Waals surface area (Å²) in [6.45, 7) is 6.97. The van der Waals surface area contributed by atoms with Crippen LogP contribution in [0.25, 0.3) is 5.57 Å². The molecule has 2 unspecified atom stereocenters. The zero-order chi connectivity index (χ0) is 71.9. The minimum atomic E-state index is -1.50. The summed E-state index contributed by atoms with van der Waals surface area (Å²) in [5.41, 5.74) is 7.81. The Labute approximate surface area is 589 Å². The number of nitrogens with one attached hydrogen (secondary N) is 6. The third kappa shape index (κ3) is 15.8. The molecule has 1 aromatic heterocycles. The number of nitrogens with zero attached hydrogens (tertiary/aromatic N) is 5. The number of methoxy groups -OCH3 is 2. The summed E-state index contributed by atoms with van der Waals surface area (Å²) in [7, 11) is 2.95. The Balaban J connectivity index is 0.605. The molecule has 26 heteroatoms. The first-order chi connectivity index (χ1) is 49.2. The zero-order valence-corrected chi connectivity index (χ0v) is 57.5. The van der Waals surface area contributed by atoms with Gasteiger partial charge in [0.2, 0.25) is 35.4 Å². The predicted molar refractivity (Wildman–Crippen MR) is 376 cm³/mol. The standard InChI is InChI=1S/C76H81N11O15/c1-44(2)69(83-67(90)39-80-66(89)38-79-65(88)24-25-68(91)85-40-51-14-8-7-12-48(51)20-21-49-13-9-10-15-58(49)85)71(93)81-46(4)70(92)82-53-22-17-47(18-23-53)42-102-75(97)87-59-34-64(62(99-6)32-56(59)73(95)86-43-76(26-27-76)35-60(86)74(87)96)101-29-11-28-100-63-33-57-55(31-61(63)98-5)72(94)84-41-52(30-54(84)37-78-57)50-19-16-45(3)77-36-50/h7-10,12-19,22-23,31-34,36,41,44,46,54,60,69,74,78,96H,11,24-30,35,37-40,42-43H2,1-6H3,(H,79,88)(H,80,89)(H,81,93)(H,82,92)(H,83,90)/t46-,54?,60-,69-,74?/m0/s1. The van der Waals surface area contributed by atoms with E-state index in [0.717, 1.165) is 45.7 Å². The fraction of sp³-hybridized carbons (Fsp3) is 0.368. The number of amides is 9. The molecule has 530 valence electrons. The van der Waals surface area contributed by atoms with E-state index in [1.54, 1.807) is 71.0 Å². The number of carbonyl (C=O) groups excluding carboxylic acids is 9. The van der Waals surface area contributed by atoms with E-state index < -0.39 is 79.0 Å². The molecule has 2 fully saturated rings. The molecule has 5 atom stereocenters. The van der Waals surface area contributed by atoms with E-state index in [0.29, 0.717) is 77.6 Å². The highest BCUT2D eigenvalue weighted by molar-refractivity contribution is 6.07. The third-order valence-electron chi connectivity index (χ3n) is 19.1. The summed E-state index contributed by atoms with van der Waals surface area (Å²) >= 11 is 0. The molecule has 102 heavy (non-hydrogen) atoms. The van der Waals surface area contributed by atoms with Crippen molar-refractivity contribution in [2.24, 2.45) is 11.3 Å². The second kappa shape index (κ2) is 30.6. The number of hydrogen-bond donors (Lipinski definition) is 7. The summed E-state index contributed by atoms with van der Waals surface area (Å²) in [5, 5.41) is 28.5. The zero-order valence-electron chi connectivity index (χ0n) is 57.5. The first-order valence-electron chi connectivity index (χ1n) is 34.0. The van der Waals surface area contributed by atoms with Gasteiger partial charge in [-0.25, -0.2) is 9.69 Å². The molecule has 1 spiro atoms. The molecule has 26 nitrogen and oxygen atoms in total. The van der Waals surface area contributed by atoms with E-state index in [9.17, 15) is 48.3 Å². The van der Waals surface area contributed by atoms with Gasteiger partial charge in [-0.1, -0.05) is 74.2 Å². The van der Waals surface area contributed by atoms with Crippen LogP contribution in [0.2, 0.25) is 0 Å². The highest BCUT2D eigenvalue weighted by Crippen LogP contribution is 2.57. The summed E-state index contributed by atoms with van der Waals surface area (Å²) in [6, 6.07) is 28.6. The Morgan fingerprint density at radius 1 is 0.735 bits per heavy atom. The van der Waals surface area contributed by atoms with Crippen molar-refractivity contribution in [1.82, 2.24) is 36.1 Å². The van der Waals surface area contributed by atoms with Gasteiger partial charge in [-0.3, -0.25) is 43.3 Å². The molecular weight excluding hydrogens is 1310 g/mol. The van der Waals surface area contributed by atoms with Crippen molar-refractivity contribution in [2.45, 2.75) is 116 Å². The van der Waals surface area contributed by atoms with Crippen LogP contribution in [0.5, 0.6) is 23.0 Å². The van der Waals surface area contributed by atoms with Gasteiger partial charge >= 0.3 is 6.09 Å². The highest BCUT2D eigenvalue weighted by atomic mass is 16.6. The molecule has 1 saturated heterocycles. The van der Waals surface area contributed by atoms with Crippen molar-refractivity contribution in [2.75, 3.05) is 74.0 Å². The maximum Gasteiger partial charge on any atom is 0.416 e. The minimum Gasteiger partial charge on any atom is -0.493 e. The van der Waals surface area contributed by atoms with Gasteiger partial charge in [0.15, 0.2) is 29.2 Å². The number of anilines is 4. The smallest absolute Gasteiger partial charge is 0.416 e. The molecule has 6 heterocycles. The van der Waals surface area contributed by atoms with Crippen LogP contribution >= 0.6 is 0 Å². The average molecular weight is 1390 g/mol. The largest absolute Gasteiger partial charge is 0.493 e. The molecule has 6 aliphatic rings. The summed E-state index contributed by atoms with van der Waals surface area (Å²) in [5.74, 6) is 3.03. The molecular formula is C76H81N11O15. The van der Waals surface area contributed by atoms with Crippen LogP contribution in [-0.2, 0) is 46.7 Å². The quantitative estimate of drug-likeness (QED) is 0.0238. The van der Waals surface area contributed by atoms with Gasteiger partial charge in [0, 0.05) is 79.4 Å². The molecule has 5 aliphatic heterocycles. The van der Waals surface area contributed by atoms with Gasteiger partial charge in [0.1, 0.15) is 18.7 Å². The lowest BCUT2D eigenvalue weighted by Crippen LogP contribution is -2.55. The van der Waals surface area contributed by atoms with Crippen molar-refractivity contribution in [3.63, 3.8) is 0 Å². The third-order valence-corrected chi connectivity index (χ3v) is 19.1. The number of aryl methyl sites for hydroxylation is 1. The SMILES string of the molecule is COc1cc2c(cc1OCCCOc1cc3c(cc1OC)C(=O)N1CC4(CC4)C[C@H]1C(O)N3C(=O)OCc1ccc(NC(=O)[C@H](C)NC(=O)[C@@H](NC(=O)CNC(=O)CNC(=O)CCC(=O)N3Cc4ccccc4C#Cc4ccccc43)C(C)C)cc1)NCC1CC(c3ccc(C)nc3)=CN1C2=O. The molecule has 12 rings (SSSR count). The van der Waals surface area contributed by atoms with Crippen molar-refractivity contribution < 1.29 is 71.9 Å². The topological polar surface area (TPSA) is 318 Å². The Bertz CT molecular complexity index is 4370. The Hall–Kier alpha value is -11.5. The van der Waals surface area contributed by atoms with Crippen LogP contribution in [-0.4, -0.2) is 157 Å². The number of carbonyl (C=O) groups is 9. The molecule has 7 N–H and O–H groups in total. The Morgan fingerprint density at radius 3 is 2.14 bits per heavy atom. The van der Waals surface area contributed by atoms with Crippen LogP contribution < -0.4 is 60.6 Å². The van der Waals surface area contributed by atoms with E-state index >= 15 is 0 Å². The van der Waals surface area contributed by atoms with Crippen LogP contribution in [0.4, 0.5) is 27.5 Å². The number of fused-ring (bicyclic) bond motifs is 6. The van der Waals surface area contributed by atoms with Crippen LogP contribution in [0.3, 0.4) is 0 Å². The second-order valence-corrected chi connectivity index (χ2v) is 26.6. The number of ether oxygens (including phenoxy) is 5. The molecule has 5 aromatic carbocycles.